The predicted octanol–water partition coefficient (Wildman–Crippen LogP) is 2.40. The first-order valence-electron chi connectivity index (χ1n) is 5.70. The molecule has 1 heterocycles. The molecule has 1 N–H and O–H groups in total. The first-order valence-corrected chi connectivity index (χ1v) is 5.70. The molecule has 1 atom stereocenters. The van der Waals surface area contributed by atoms with Crippen LogP contribution in [0.15, 0.2) is 30.3 Å². The van der Waals surface area contributed by atoms with Crippen LogP contribution in [0.5, 0.6) is 0 Å². The Bertz CT molecular complexity index is 313. The van der Waals surface area contributed by atoms with E-state index in [4.69, 9.17) is 0 Å². The summed E-state index contributed by atoms with van der Waals surface area (Å²) in [4.78, 5) is 12.1. The van der Waals surface area contributed by atoms with E-state index >= 15 is 0 Å². The van der Waals surface area contributed by atoms with E-state index < -0.39 is 0 Å². The van der Waals surface area contributed by atoms with Gasteiger partial charge in [0, 0.05) is 5.56 Å². The van der Waals surface area contributed by atoms with Gasteiger partial charge in [0.15, 0.2) is 5.78 Å². The van der Waals surface area contributed by atoms with E-state index in [2.05, 4.69) is 5.32 Å². The van der Waals surface area contributed by atoms with Gasteiger partial charge in [0.2, 0.25) is 0 Å². The van der Waals surface area contributed by atoms with Crippen LogP contribution < -0.4 is 5.32 Å². The lowest BCUT2D eigenvalue weighted by Gasteiger charge is -2.14. The van der Waals surface area contributed by atoms with E-state index in [0.717, 1.165) is 24.9 Å². The summed E-state index contributed by atoms with van der Waals surface area (Å²) in [5, 5.41) is 3.33. The van der Waals surface area contributed by atoms with Crippen LogP contribution in [-0.4, -0.2) is 18.4 Å². The summed E-state index contributed by atoms with van der Waals surface area (Å²) in [7, 11) is 0. The van der Waals surface area contributed by atoms with Crippen LogP contribution >= 0.6 is 0 Å². The lowest BCUT2D eigenvalue weighted by Crippen LogP contribution is -2.35. The van der Waals surface area contributed by atoms with Crippen LogP contribution in [-0.2, 0) is 0 Å². The normalized spacial score (nSPS) is 22.0. The Morgan fingerprint density at radius 2 is 1.93 bits per heavy atom. The van der Waals surface area contributed by atoms with Crippen LogP contribution in [0.2, 0.25) is 0 Å². The van der Waals surface area contributed by atoms with Crippen molar-refractivity contribution in [1.29, 1.82) is 0 Å². The van der Waals surface area contributed by atoms with Crippen LogP contribution in [0, 0.1) is 0 Å². The summed E-state index contributed by atoms with van der Waals surface area (Å²) in [6.07, 6.45) is 4.58. The molecule has 1 aromatic rings. The molecular weight excluding hydrogens is 186 g/mol. The minimum Gasteiger partial charge on any atom is -0.307 e. The topological polar surface area (TPSA) is 29.1 Å². The lowest BCUT2D eigenvalue weighted by atomic mass is 10.0. The van der Waals surface area contributed by atoms with Gasteiger partial charge >= 0.3 is 0 Å². The van der Waals surface area contributed by atoms with Crippen molar-refractivity contribution in [3.63, 3.8) is 0 Å². The molecule has 1 aliphatic heterocycles. The van der Waals surface area contributed by atoms with Crippen molar-refractivity contribution in [3.05, 3.63) is 35.9 Å². The number of hydrogen-bond donors (Lipinski definition) is 1. The minimum absolute atomic E-state index is 0.0369. The standard InChI is InChI=1S/C13H17NO/c15-13(11-7-3-1-4-8-11)12-9-5-2-6-10-14-12/h1,3-4,7-8,12,14H,2,5-6,9-10H2. The number of Topliss-reactive ketones (excluding diaryl/α,β-unsaturated/α-hetero) is 1. The van der Waals surface area contributed by atoms with E-state index in [1.165, 1.54) is 12.8 Å². The van der Waals surface area contributed by atoms with Crippen molar-refractivity contribution in [2.45, 2.75) is 31.7 Å². The summed E-state index contributed by atoms with van der Waals surface area (Å²) in [6.45, 7) is 0.975. The van der Waals surface area contributed by atoms with Crippen LogP contribution in [0.3, 0.4) is 0 Å². The Hall–Kier alpha value is -1.15. The number of rotatable bonds is 2. The van der Waals surface area contributed by atoms with Gasteiger partial charge in [0.25, 0.3) is 0 Å². The van der Waals surface area contributed by atoms with Crippen molar-refractivity contribution in [2.75, 3.05) is 6.54 Å². The fourth-order valence-corrected chi connectivity index (χ4v) is 2.06. The van der Waals surface area contributed by atoms with Gasteiger partial charge in [0.05, 0.1) is 6.04 Å². The molecule has 1 saturated heterocycles. The van der Waals surface area contributed by atoms with E-state index in [1.807, 2.05) is 30.3 Å². The zero-order chi connectivity index (χ0) is 10.5. The summed E-state index contributed by atoms with van der Waals surface area (Å²) in [6, 6.07) is 9.62. The van der Waals surface area contributed by atoms with Gasteiger partial charge in [0.1, 0.15) is 0 Å². The number of carbonyl (C=O) groups excluding carboxylic acids is 1. The monoisotopic (exact) mass is 203 g/mol. The molecule has 0 spiro atoms. The van der Waals surface area contributed by atoms with Gasteiger partial charge in [-0.15, -0.1) is 0 Å². The first kappa shape index (κ1) is 10.4. The third-order valence-corrected chi connectivity index (χ3v) is 2.94. The summed E-state index contributed by atoms with van der Waals surface area (Å²) < 4.78 is 0. The van der Waals surface area contributed by atoms with E-state index in [-0.39, 0.29) is 11.8 Å². The Labute approximate surface area is 90.7 Å². The number of benzene rings is 1. The summed E-state index contributed by atoms with van der Waals surface area (Å²) in [5.74, 6) is 0.248. The van der Waals surface area contributed by atoms with Gasteiger partial charge < -0.3 is 5.32 Å². The third kappa shape index (κ3) is 2.66. The molecule has 80 valence electrons. The van der Waals surface area contributed by atoms with Crippen LogP contribution in [0.1, 0.15) is 36.0 Å². The Kier molecular flexibility index (Phi) is 3.51. The quantitative estimate of drug-likeness (QED) is 0.748. The molecular formula is C13H17NO. The molecule has 1 aliphatic rings. The highest BCUT2D eigenvalue weighted by Crippen LogP contribution is 2.13. The third-order valence-electron chi connectivity index (χ3n) is 2.94. The smallest absolute Gasteiger partial charge is 0.179 e. The van der Waals surface area contributed by atoms with Crippen molar-refractivity contribution >= 4 is 5.78 Å². The molecule has 2 rings (SSSR count). The predicted molar refractivity (Wildman–Crippen MR) is 61.0 cm³/mol. The molecule has 0 saturated carbocycles. The highest BCUT2D eigenvalue weighted by molar-refractivity contribution is 6.00. The molecule has 1 aromatic carbocycles. The molecule has 2 nitrogen and oxygen atoms in total. The highest BCUT2D eigenvalue weighted by Gasteiger charge is 2.20. The number of nitrogens with one attached hydrogen (secondary N) is 1. The average molecular weight is 203 g/mol. The van der Waals surface area contributed by atoms with Crippen molar-refractivity contribution in [3.8, 4) is 0 Å². The highest BCUT2D eigenvalue weighted by atomic mass is 16.1. The second kappa shape index (κ2) is 5.08. The zero-order valence-corrected chi connectivity index (χ0v) is 8.91. The number of ketones is 1. The number of carbonyl (C=O) groups is 1. The molecule has 0 aromatic heterocycles. The maximum atomic E-state index is 12.1. The minimum atomic E-state index is 0.0369. The largest absolute Gasteiger partial charge is 0.307 e. The van der Waals surface area contributed by atoms with Gasteiger partial charge in [-0.05, 0) is 19.4 Å². The molecule has 1 fully saturated rings. The molecule has 2 heteroatoms. The summed E-state index contributed by atoms with van der Waals surface area (Å²) in [5.41, 5.74) is 0.830. The van der Waals surface area contributed by atoms with E-state index in [9.17, 15) is 4.79 Å². The second-order valence-electron chi connectivity index (χ2n) is 4.09. The molecule has 0 radical (unpaired) electrons. The van der Waals surface area contributed by atoms with Gasteiger partial charge in [-0.1, -0.05) is 43.2 Å². The van der Waals surface area contributed by atoms with Gasteiger partial charge in [-0.3, -0.25) is 4.79 Å². The summed E-state index contributed by atoms with van der Waals surface area (Å²) >= 11 is 0. The maximum Gasteiger partial charge on any atom is 0.179 e. The van der Waals surface area contributed by atoms with Gasteiger partial charge in [-0.25, -0.2) is 0 Å². The van der Waals surface area contributed by atoms with Crippen molar-refractivity contribution < 1.29 is 4.79 Å². The SMILES string of the molecule is O=C(c1ccccc1)C1CCCCCN1. The molecule has 0 bridgehead atoms. The van der Waals surface area contributed by atoms with Crippen molar-refractivity contribution in [1.82, 2.24) is 5.32 Å². The second-order valence-corrected chi connectivity index (χ2v) is 4.09. The Morgan fingerprint density at radius 1 is 1.13 bits per heavy atom. The molecule has 0 aliphatic carbocycles. The van der Waals surface area contributed by atoms with Crippen LogP contribution in [0.25, 0.3) is 0 Å². The van der Waals surface area contributed by atoms with Crippen LogP contribution in [0.4, 0.5) is 0 Å². The number of hydrogen-bond acceptors (Lipinski definition) is 2. The fraction of sp³-hybridized carbons (Fsp3) is 0.462. The Morgan fingerprint density at radius 3 is 2.73 bits per heavy atom. The molecule has 0 amide bonds. The fourth-order valence-electron chi connectivity index (χ4n) is 2.06. The van der Waals surface area contributed by atoms with Crippen molar-refractivity contribution in [2.24, 2.45) is 0 Å². The van der Waals surface area contributed by atoms with E-state index in [0.29, 0.717) is 0 Å². The maximum absolute atomic E-state index is 12.1. The average Bonchev–Trinajstić information content (AvgIpc) is 2.58. The first-order chi connectivity index (χ1) is 7.38. The van der Waals surface area contributed by atoms with E-state index in [1.54, 1.807) is 0 Å². The lowest BCUT2D eigenvalue weighted by molar-refractivity contribution is 0.0940. The van der Waals surface area contributed by atoms with Gasteiger partial charge in [-0.2, -0.15) is 0 Å². The Balaban J connectivity index is 2.06. The molecule has 15 heavy (non-hydrogen) atoms. The molecule has 1 unspecified atom stereocenters. The zero-order valence-electron chi connectivity index (χ0n) is 8.91.